The highest BCUT2D eigenvalue weighted by molar-refractivity contribution is 7.18. The van der Waals surface area contributed by atoms with Gasteiger partial charge in [-0.3, -0.25) is 14.3 Å². The van der Waals surface area contributed by atoms with E-state index in [1.165, 1.54) is 29.7 Å². The van der Waals surface area contributed by atoms with E-state index in [0.717, 1.165) is 49.4 Å². The summed E-state index contributed by atoms with van der Waals surface area (Å²) in [5, 5.41) is 4.24. The summed E-state index contributed by atoms with van der Waals surface area (Å²) >= 11 is 1.67. The zero-order chi connectivity index (χ0) is 16.8. The highest BCUT2D eigenvalue weighted by atomic mass is 32.1. The number of nitrogens with zero attached hydrogens (tertiary/aromatic N) is 3. The second kappa shape index (κ2) is 6.46. The number of thiophene rings is 1. The van der Waals surface area contributed by atoms with Gasteiger partial charge >= 0.3 is 0 Å². The van der Waals surface area contributed by atoms with E-state index in [1.54, 1.807) is 17.7 Å². The van der Waals surface area contributed by atoms with Crippen LogP contribution >= 0.6 is 11.3 Å². The number of hydrogen-bond donors (Lipinski definition) is 1. The Hall–Kier alpha value is -1.28. The van der Waals surface area contributed by atoms with Crippen LogP contribution in [0, 0.1) is 0 Å². The molecule has 2 atom stereocenters. The van der Waals surface area contributed by atoms with Gasteiger partial charge in [0, 0.05) is 11.4 Å². The van der Waals surface area contributed by atoms with Crippen LogP contribution in [0.3, 0.4) is 0 Å². The maximum Gasteiger partial charge on any atom is 0.262 e. The van der Waals surface area contributed by atoms with Crippen LogP contribution in [-0.2, 0) is 17.7 Å². The lowest BCUT2D eigenvalue weighted by Gasteiger charge is -2.34. The summed E-state index contributed by atoms with van der Waals surface area (Å²) < 4.78 is 7.67. The molecule has 1 N–H and O–H groups in total. The van der Waals surface area contributed by atoms with Crippen LogP contribution < -0.4 is 10.9 Å². The molecule has 7 heteroatoms. The van der Waals surface area contributed by atoms with Crippen molar-refractivity contribution in [3.63, 3.8) is 0 Å². The van der Waals surface area contributed by atoms with Crippen LogP contribution in [0.1, 0.15) is 35.7 Å². The van der Waals surface area contributed by atoms with E-state index >= 15 is 0 Å². The number of piperidine rings is 1. The van der Waals surface area contributed by atoms with Crippen molar-refractivity contribution in [3.05, 3.63) is 27.1 Å². The molecule has 0 bridgehead atoms. The predicted octanol–water partition coefficient (Wildman–Crippen LogP) is 1.53. The molecule has 25 heavy (non-hydrogen) atoms. The van der Waals surface area contributed by atoms with Gasteiger partial charge in [-0.2, -0.15) is 0 Å². The van der Waals surface area contributed by atoms with Gasteiger partial charge in [-0.25, -0.2) is 4.98 Å². The second-order valence-electron chi connectivity index (χ2n) is 7.34. The minimum atomic E-state index is 0.0831. The van der Waals surface area contributed by atoms with Crippen LogP contribution in [0.5, 0.6) is 0 Å². The maximum atomic E-state index is 13.3. The first-order chi connectivity index (χ1) is 12.3. The Kier molecular flexibility index (Phi) is 4.12. The van der Waals surface area contributed by atoms with Crippen molar-refractivity contribution in [1.29, 1.82) is 0 Å². The summed E-state index contributed by atoms with van der Waals surface area (Å²) in [5.74, 6) is 0. The Bertz CT molecular complexity index is 839. The third kappa shape index (κ3) is 2.65. The lowest BCUT2D eigenvalue weighted by molar-refractivity contribution is 0.122. The normalized spacial score (nSPS) is 27.7. The van der Waals surface area contributed by atoms with E-state index in [2.05, 4.69) is 15.2 Å². The molecule has 3 aliphatic rings. The summed E-state index contributed by atoms with van der Waals surface area (Å²) in [7, 11) is 0. The second-order valence-corrected chi connectivity index (χ2v) is 8.42. The molecule has 6 nitrogen and oxygen atoms in total. The van der Waals surface area contributed by atoms with E-state index in [9.17, 15) is 4.79 Å². The molecule has 0 aromatic carbocycles. The summed E-state index contributed by atoms with van der Waals surface area (Å²) in [6.07, 6.45) is 6.50. The van der Waals surface area contributed by atoms with Crippen molar-refractivity contribution in [2.24, 2.45) is 0 Å². The molecule has 0 amide bonds. The van der Waals surface area contributed by atoms with Crippen molar-refractivity contribution in [3.8, 4) is 0 Å². The van der Waals surface area contributed by atoms with Gasteiger partial charge in [0.15, 0.2) is 0 Å². The molecule has 2 aromatic rings. The van der Waals surface area contributed by atoms with Crippen LogP contribution in [0.15, 0.2) is 11.1 Å². The van der Waals surface area contributed by atoms with Gasteiger partial charge in [-0.15, -0.1) is 11.3 Å². The van der Waals surface area contributed by atoms with E-state index < -0.39 is 0 Å². The minimum Gasteiger partial charge on any atom is -0.378 e. The van der Waals surface area contributed by atoms with Gasteiger partial charge in [0.25, 0.3) is 5.56 Å². The molecular formula is C18H24N4O2S. The van der Waals surface area contributed by atoms with Crippen molar-refractivity contribution < 1.29 is 4.74 Å². The van der Waals surface area contributed by atoms with Crippen LogP contribution in [-0.4, -0.2) is 53.3 Å². The van der Waals surface area contributed by atoms with E-state index in [1.807, 2.05) is 4.57 Å². The Morgan fingerprint density at radius 3 is 2.92 bits per heavy atom. The first-order valence-electron chi connectivity index (χ1n) is 9.37. The van der Waals surface area contributed by atoms with E-state index in [0.29, 0.717) is 12.6 Å². The molecular weight excluding hydrogens is 336 g/mol. The van der Waals surface area contributed by atoms with Crippen molar-refractivity contribution in [2.75, 3.05) is 32.8 Å². The van der Waals surface area contributed by atoms with E-state index in [-0.39, 0.29) is 11.6 Å². The lowest BCUT2D eigenvalue weighted by atomic mass is 10.0. The lowest BCUT2D eigenvalue weighted by Crippen LogP contribution is -2.45. The van der Waals surface area contributed by atoms with Crippen molar-refractivity contribution in [1.82, 2.24) is 19.8 Å². The standard InChI is InChI=1S/C18H24N4O2S/c23-18-16-12-4-5-19-8-15(12)25-17(16)20-11-22(18)14-10-24-9-13(14)21-6-2-1-3-7-21/h11,13-14,19H,1-10H2/t13-,14-/m0/s1. The van der Waals surface area contributed by atoms with Gasteiger partial charge in [0.1, 0.15) is 4.83 Å². The van der Waals surface area contributed by atoms with Crippen LogP contribution in [0.25, 0.3) is 10.2 Å². The summed E-state index contributed by atoms with van der Waals surface area (Å²) in [5.41, 5.74) is 1.35. The van der Waals surface area contributed by atoms with Gasteiger partial charge < -0.3 is 10.1 Å². The molecule has 134 valence electrons. The molecule has 5 heterocycles. The van der Waals surface area contributed by atoms with E-state index in [4.69, 9.17) is 4.74 Å². The number of ether oxygens (including phenoxy) is 1. The molecule has 0 saturated carbocycles. The monoisotopic (exact) mass is 360 g/mol. The fraction of sp³-hybridized carbons (Fsp3) is 0.667. The Morgan fingerprint density at radius 2 is 2.04 bits per heavy atom. The molecule has 5 rings (SSSR count). The third-order valence-electron chi connectivity index (χ3n) is 5.90. The smallest absolute Gasteiger partial charge is 0.262 e. The topological polar surface area (TPSA) is 59.4 Å². The molecule has 2 saturated heterocycles. The van der Waals surface area contributed by atoms with Gasteiger partial charge in [-0.1, -0.05) is 6.42 Å². The summed E-state index contributed by atoms with van der Waals surface area (Å²) in [6.45, 7) is 5.38. The summed E-state index contributed by atoms with van der Waals surface area (Å²) in [4.78, 5) is 22.7. The van der Waals surface area contributed by atoms with Gasteiger partial charge in [0.05, 0.1) is 37.0 Å². The maximum absolute atomic E-state index is 13.3. The highest BCUT2D eigenvalue weighted by Crippen LogP contribution is 2.31. The Labute approximate surface area is 150 Å². The Balaban J connectivity index is 1.55. The molecule has 2 aromatic heterocycles. The first-order valence-corrected chi connectivity index (χ1v) is 10.2. The molecule has 0 radical (unpaired) electrons. The Morgan fingerprint density at radius 1 is 1.20 bits per heavy atom. The van der Waals surface area contributed by atoms with Gasteiger partial charge in [0.2, 0.25) is 0 Å². The number of hydrogen-bond acceptors (Lipinski definition) is 6. The van der Waals surface area contributed by atoms with Crippen molar-refractivity contribution in [2.45, 2.75) is 44.3 Å². The number of aromatic nitrogens is 2. The highest BCUT2D eigenvalue weighted by Gasteiger charge is 2.36. The number of nitrogens with one attached hydrogen (secondary N) is 1. The van der Waals surface area contributed by atoms with Crippen LogP contribution in [0.4, 0.5) is 0 Å². The first kappa shape index (κ1) is 15.9. The zero-order valence-corrected chi connectivity index (χ0v) is 15.2. The quantitative estimate of drug-likeness (QED) is 0.880. The minimum absolute atomic E-state index is 0.0831. The zero-order valence-electron chi connectivity index (χ0n) is 14.4. The van der Waals surface area contributed by atoms with Gasteiger partial charge in [-0.05, 0) is 44.5 Å². The molecule has 0 aliphatic carbocycles. The molecule has 3 aliphatic heterocycles. The fourth-order valence-corrected chi connectivity index (χ4v) is 5.71. The SMILES string of the molecule is O=c1c2c3c(sc2ncn1[C@H]1COC[C@@H]1N1CCCCC1)CNCC3. The summed E-state index contributed by atoms with van der Waals surface area (Å²) in [6, 6.07) is 0.383. The average molecular weight is 360 g/mol. The number of likely N-dealkylation sites (tertiary alicyclic amines) is 1. The molecule has 2 fully saturated rings. The fourth-order valence-electron chi connectivity index (χ4n) is 4.56. The molecule has 0 spiro atoms. The van der Waals surface area contributed by atoms with Crippen LogP contribution in [0.2, 0.25) is 0 Å². The number of fused-ring (bicyclic) bond motifs is 3. The average Bonchev–Trinajstić information content (AvgIpc) is 3.27. The largest absolute Gasteiger partial charge is 0.378 e. The predicted molar refractivity (Wildman–Crippen MR) is 98.4 cm³/mol. The number of rotatable bonds is 2. The third-order valence-corrected chi connectivity index (χ3v) is 7.04. The van der Waals surface area contributed by atoms with Crippen molar-refractivity contribution >= 4 is 21.6 Å². The molecule has 0 unspecified atom stereocenters.